The lowest BCUT2D eigenvalue weighted by molar-refractivity contribution is 0.102. The van der Waals surface area contributed by atoms with E-state index in [-0.39, 0.29) is 17.3 Å². The molecule has 0 fully saturated rings. The zero-order valence-electron chi connectivity index (χ0n) is 19.0. The summed E-state index contributed by atoms with van der Waals surface area (Å²) in [5, 5.41) is 2.94. The van der Waals surface area contributed by atoms with E-state index < -0.39 is 10.0 Å². The van der Waals surface area contributed by atoms with E-state index in [0.29, 0.717) is 16.9 Å². The number of aryl methyl sites for hydroxylation is 2. The van der Waals surface area contributed by atoms with Crippen LogP contribution in [0.2, 0.25) is 0 Å². The molecule has 168 valence electrons. The summed E-state index contributed by atoms with van der Waals surface area (Å²) in [6.45, 7) is 5.90. The van der Waals surface area contributed by atoms with Crippen molar-refractivity contribution in [3.63, 3.8) is 0 Å². The monoisotopic (exact) mass is 452 g/mol. The van der Waals surface area contributed by atoms with E-state index in [4.69, 9.17) is 4.74 Å². The molecular weight excluding hydrogens is 424 g/mol. The highest BCUT2D eigenvalue weighted by molar-refractivity contribution is 7.89. The van der Waals surface area contributed by atoms with Crippen LogP contribution in [0.5, 0.6) is 5.75 Å². The minimum Gasteiger partial charge on any atom is -0.496 e. The summed E-state index contributed by atoms with van der Waals surface area (Å²) in [6.07, 6.45) is 0. The van der Waals surface area contributed by atoms with E-state index in [0.717, 1.165) is 22.4 Å². The van der Waals surface area contributed by atoms with Crippen LogP contribution in [0.1, 0.15) is 32.6 Å². The first-order valence-electron chi connectivity index (χ1n) is 10.2. The summed E-state index contributed by atoms with van der Waals surface area (Å²) in [6, 6.07) is 17.4. The molecule has 3 aromatic rings. The number of ether oxygens (including phenoxy) is 1. The average molecular weight is 453 g/mol. The molecule has 0 saturated carbocycles. The van der Waals surface area contributed by atoms with Crippen LogP contribution in [0.3, 0.4) is 0 Å². The number of nitrogens with zero attached hydrogens (tertiary/aromatic N) is 1. The smallest absolute Gasteiger partial charge is 0.255 e. The molecular formula is C25H28N2O4S. The predicted molar refractivity (Wildman–Crippen MR) is 127 cm³/mol. The van der Waals surface area contributed by atoms with Crippen molar-refractivity contribution in [1.29, 1.82) is 0 Å². The Hall–Kier alpha value is -3.16. The van der Waals surface area contributed by atoms with Gasteiger partial charge in [-0.1, -0.05) is 29.8 Å². The van der Waals surface area contributed by atoms with Crippen LogP contribution in [0.25, 0.3) is 0 Å². The van der Waals surface area contributed by atoms with Crippen LogP contribution in [-0.4, -0.2) is 32.8 Å². The van der Waals surface area contributed by atoms with E-state index in [2.05, 4.69) is 5.32 Å². The van der Waals surface area contributed by atoms with Crippen LogP contribution >= 0.6 is 0 Å². The molecule has 0 bridgehead atoms. The summed E-state index contributed by atoms with van der Waals surface area (Å²) in [4.78, 5) is 13.1. The topological polar surface area (TPSA) is 75.7 Å². The van der Waals surface area contributed by atoms with Gasteiger partial charge in [-0.15, -0.1) is 0 Å². The van der Waals surface area contributed by atoms with Gasteiger partial charge in [-0.05, 0) is 68.3 Å². The first kappa shape index (κ1) is 23.5. The van der Waals surface area contributed by atoms with Crippen LogP contribution in [0, 0.1) is 20.8 Å². The maximum atomic E-state index is 13.0. The van der Waals surface area contributed by atoms with Crippen molar-refractivity contribution in [1.82, 2.24) is 4.31 Å². The fourth-order valence-electron chi connectivity index (χ4n) is 3.34. The number of carbonyl (C=O) groups excluding carboxylic acids is 1. The number of benzene rings is 3. The zero-order chi connectivity index (χ0) is 23.5. The number of hydrogen-bond donors (Lipinski definition) is 1. The standard InChI is InChI=1S/C25H28N2O4S/c1-17-9-12-22(13-10-17)32(29,30)27(4)16-21-15-20(11-14-24(21)31-5)25(28)26-23-8-6-7-18(2)19(23)3/h6-15H,16H2,1-5H3,(H,26,28). The van der Waals surface area contributed by atoms with Crippen molar-refractivity contribution in [3.8, 4) is 5.75 Å². The van der Waals surface area contributed by atoms with Crippen LogP contribution in [0.15, 0.2) is 65.6 Å². The Balaban J connectivity index is 1.86. The minimum atomic E-state index is -3.69. The molecule has 0 atom stereocenters. The third kappa shape index (κ3) is 5.00. The Bertz CT molecular complexity index is 1240. The Morgan fingerprint density at radius 3 is 2.34 bits per heavy atom. The van der Waals surface area contributed by atoms with Crippen molar-refractivity contribution >= 4 is 21.6 Å². The maximum absolute atomic E-state index is 13.0. The Kier molecular flexibility index (Phi) is 7.01. The molecule has 0 unspecified atom stereocenters. The van der Waals surface area contributed by atoms with Crippen molar-refractivity contribution < 1.29 is 17.9 Å². The van der Waals surface area contributed by atoms with Gasteiger partial charge in [0.05, 0.1) is 12.0 Å². The predicted octanol–water partition coefficient (Wildman–Crippen LogP) is 4.69. The minimum absolute atomic E-state index is 0.0595. The molecule has 32 heavy (non-hydrogen) atoms. The first-order valence-corrected chi connectivity index (χ1v) is 11.6. The number of amides is 1. The summed E-state index contributed by atoms with van der Waals surface area (Å²) in [5.74, 6) is 0.242. The zero-order valence-corrected chi connectivity index (χ0v) is 19.8. The van der Waals surface area contributed by atoms with Gasteiger partial charge in [0.1, 0.15) is 5.75 Å². The number of rotatable bonds is 7. The van der Waals surface area contributed by atoms with Gasteiger partial charge in [-0.2, -0.15) is 4.31 Å². The summed E-state index contributed by atoms with van der Waals surface area (Å²) in [7, 11) is -0.665. The third-order valence-corrected chi connectivity index (χ3v) is 7.34. The number of methoxy groups -OCH3 is 1. The lowest BCUT2D eigenvalue weighted by Gasteiger charge is -2.19. The van der Waals surface area contributed by atoms with E-state index in [9.17, 15) is 13.2 Å². The number of hydrogen-bond acceptors (Lipinski definition) is 4. The van der Waals surface area contributed by atoms with Crippen LogP contribution in [0.4, 0.5) is 5.69 Å². The van der Waals surface area contributed by atoms with Crippen molar-refractivity contribution in [2.45, 2.75) is 32.2 Å². The number of anilines is 1. The van der Waals surface area contributed by atoms with Crippen molar-refractivity contribution in [2.75, 3.05) is 19.5 Å². The molecule has 0 heterocycles. The lowest BCUT2D eigenvalue weighted by atomic mass is 10.1. The Morgan fingerprint density at radius 2 is 1.69 bits per heavy atom. The van der Waals surface area contributed by atoms with Gasteiger partial charge in [0, 0.05) is 30.4 Å². The quantitative estimate of drug-likeness (QED) is 0.564. The van der Waals surface area contributed by atoms with Gasteiger partial charge >= 0.3 is 0 Å². The Morgan fingerprint density at radius 1 is 1.00 bits per heavy atom. The highest BCUT2D eigenvalue weighted by Crippen LogP contribution is 2.25. The second-order valence-electron chi connectivity index (χ2n) is 7.80. The van der Waals surface area contributed by atoms with Gasteiger partial charge < -0.3 is 10.1 Å². The molecule has 7 heteroatoms. The molecule has 3 aromatic carbocycles. The lowest BCUT2D eigenvalue weighted by Crippen LogP contribution is -2.27. The molecule has 0 aliphatic rings. The number of carbonyl (C=O) groups is 1. The maximum Gasteiger partial charge on any atom is 0.255 e. The molecule has 6 nitrogen and oxygen atoms in total. The molecule has 1 amide bonds. The average Bonchev–Trinajstić information content (AvgIpc) is 2.77. The van der Waals surface area contributed by atoms with E-state index in [1.807, 2.05) is 39.0 Å². The summed E-state index contributed by atoms with van der Waals surface area (Å²) in [5.41, 5.74) is 4.82. The van der Waals surface area contributed by atoms with Gasteiger partial charge in [-0.3, -0.25) is 4.79 Å². The van der Waals surface area contributed by atoms with E-state index >= 15 is 0 Å². The largest absolute Gasteiger partial charge is 0.496 e. The molecule has 0 saturated heterocycles. The van der Waals surface area contributed by atoms with E-state index in [1.165, 1.54) is 18.5 Å². The van der Waals surface area contributed by atoms with Crippen LogP contribution in [-0.2, 0) is 16.6 Å². The van der Waals surface area contributed by atoms with Crippen molar-refractivity contribution in [2.24, 2.45) is 0 Å². The molecule has 0 aliphatic carbocycles. The van der Waals surface area contributed by atoms with Gasteiger partial charge in [0.2, 0.25) is 10.0 Å². The number of sulfonamides is 1. The highest BCUT2D eigenvalue weighted by Gasteiger charge is 2.22. The first-order chi connectivity index (χ1) is 15.1. The second kappa shape index (κ2) is 9.54. The molecule has 1 N–H and O–H groups in total. The SMILES string of the molecule is COc1ccc(C(=O)Nc2cccc(C)c2C)cc1CN(C)S(=O)(=O)c1ccc(C)cc1. The number of nitrogens with one attached hydrogen (secondary N) is 1. The van der Waals surface area contributed by atoms with E-state index in [1.54, 1.807) is 42.5 Å². The Labute approximate surface area is 189 Å². The highest BCUT2D eigenvalue weighted by atomic mass is 32.2. The van der Waals surface area contributed by atoms with Crippen LogP contribution < -0.4 is 10.1 Å². The summed E-state index contributed by atoms with van der Waals surface area (Å²) >= 11 is 0. The molecule has 0 spiro atoms. The normalized spacial score (nSPS) is 11.4. The fourth-order valence-corrected chi connectivity index (χ4v) is 4.49. The summed E-state index contributed by atoms with van der Waals surface area (Å²) < 4.78 is 32.6. The van der Waals surface area contributed by atoms with Crippen molar-refractivity contribution in [3.05, 3.63) is 88.5 Å². The van der Waals surface area contributed by atoms with Gasteiger partial charge in [-0.25, -0.2) is 8.42 Å². The van der Waals surface area contributed by atoms with Gasteiger partial charge in [0.15, 0.2) is 0 Å². The molecule has 0 aliphatic heterocycles. The molecule has 0 radical (unpaired) electrons. The third-order valence-electron chi connectivity index (χ3n) is 5.52. The fraction of sp³-hybridized carbons (Fsp3) is 0.240. The molecule has 0 aromatic heterocycles. The molecule has 3 rings (SSSR count). The van der Waals surface area contributed by atoms with Gasteiger partial charge in [0.25, 0.3) is 5.91 Å². The second-order valence-corrected chi connectivity index (χ2v) is 9.85.